The van der Waals surface area contributed by atoms with Crippen molar-refractivity contribution in [1.82, 2.24) is 19.6 Å². The third-order valence-corrected chi connectivity index (χ3v) is 5.61. The fourth-order valence-electron chi connectivity index (χ4n) is 3.68. The SMILES string of the molecule is OCCN1CCN(Cc2cn(-c3ccc(F)cc3)nc2-c2ccccc2Cl)CC1. The van der Waals surface area contributed by atoms with Crippen LogP contribution in [-0.2, 0) is 6.54 Å². The number of rotatable bonds is 6. The van der Waals surface area contributed by atoms with Crippen molar-refractivity contribution in [3.63, 3.8) is 0 Å². The zero-order chi connectivity index (χ0) is 20.2. The summed E-state index contributed by atoms with van der Waals surface area (Å²) in [6, 6.07) is 14.0. The molecule has 1 saturated heterocycles. The molecule has 0 atom stereocenters. The van der Waals surface area contributed by atoms with Crippen molar-refractivity contribution < 1.29 is 9.50 Å². The van der Waals surface area contributed by atoms with Gasteiger partial charge in [0.05, 0.1) is 23.0 Å². The molecular weight excluding hydrogens is 391 g/mol. The van der Waals surface area contributed by atoms with Crippen LogP contribution in [-0.4, -0.2) is 64.0 Å². The molecule has 0 radical (unpaired) electrons. The molecule has 0 unspecified atom stereocenters. The summed E-state index contributed by atoms with van der Waals surface area (Å²) in [7, 11) is 0. The maximum absolute atomic E-state index is 13.3. The second kappa shape index (κ2) is 9.05. The Morgan fingerprint density at radius 2 is 1.66 bits per heavy atom. The predicted octanol–water partition coefficient (Wildman–Crippen LogP) is 3.44. The highest BCUT2D eigenvalue weighted by Gasteiger charge is 2.21. The molecule has 4 rings (SSSR count). The maximum atomic E-state index is 13.3. The van der Waals surface area contributed by atoms with E-state index in [-0.39, 0.29) is 12.4 Å². The Morgan fingerprint density at radius 3 is 2.34 bits per heavy atom. The highest BCUT2D eigenvalue weighted by atomic mass is 35.5. The van der Waals surface area contributed by atoms with Crippen molar-refractivity contribution in [3.8, 4) is 16.9 Å². The molecule has 7 heteroatoms. The lowest BCUT2D eigenvalue weighted by Gasteiger charge is -2.34. The van der Waals surface area contributed by atoms with Crippen LogP contribution in [0.2, 0.25) is 5.02 Å². The number of β-amino-alcohol motifs (C(OH)–C–C–N with tert-alkyl or cyclic N) is 1. The minimum atomic E-state index is -0.270. The molecule has 5 nitrogen and oxygen atoms in total. The molecule has 1 aromatic heterocycles. The highest BCUT2D eigenvalue weighted by molar-refractivity contribution is 6.33. The molecule has 152 valence electrons. The van der Waals surface area contributed by atoms with Crippen LogP contribution in [0.25, 0.3) is 16.9 Å². The van der Waals surface area contributed by atoms with E-state index in [4.69, 9.17) is 21.8 Å². The molecule has 2 aromatic carbocycles. The smallest absolute Gasteiger partial charge is 0.123 e. The average Bonchev–Trinajstić information content (AvgIpc) is 3.14. The van der Waals surface area contributed by atoms with E-state index in [1.165, 1.54) is 12.1 Å². The van der Waals surface area contributed by atoms with E-state index in [0.29, 0.717) is 5.02 Å². The summed E-state index contributed by atoms with van der Waals surface area (Å²) in [6.07, 6.45) is 2.01. The van der Waals surface area contributed by atoms with Gasteiger partial charge in [0.25, 0.3) is 0 Å². The number of hydrogen-bond acceptors (Lipinski definition) is 4. The van der Waals surface area contributed by atoms with Gasteiger partial charge in [0.1, 0.15) is 5.82 Å². The Hall–Kier alpha value is -2.25. The van der Waals surface area contributed by atoms with Crippen molar-refractivity contribution >= 4 is 11.6 Å². The lowest BCUT2D eigenvalue weighted by molar-refractivity contribution is 0.108. The van der Waals surface area contributed by atoms with Gasteiger partial charge in [0.15, 0.2) is 0 Å². The Kier molecular flexibility index (Phi) is 6.25. The number of benzene rings is 2. The third-order valence-electron chi connectivity index (χ3n) is 5.29. The number of hydrogen-bond donors (Lipinski definition) is 1. The summed E-state index contributed by atoms with van der Waals surface area (Å²) in [5.41, 5.74) is 3.62. The van der Waals surface area contributed by atoms with E-state index in [0.717, 1.165) is 61.8 Å². The van der Waals surface area contributed by atoms with E-state index in [2.05, 4.69) is 9.80 Å². The van der Waals surface area contributed by atoms with E-state index in [1.807, 2.05) is 30.5 Å². The first-order valence-electron chi connectivity index (χ1n) is 9.79. The number of aliphatic hydroxyl groups is 1. The van der Waals surface area contributed by atoms with Gasteiger partial charge in [0.2, 0.25) is 0 Å². The first-order chi connectivity index (χ1) is 14.1. The molecule has 1 aliphatic rings. The number of aliphatic hydroxyl groups excluding tert-OH is 1. The number of halogens is 2. The van der Waals surface area contributed by atoms with Gasteiger partial charge in [0, 0.05) is 56.6 Å². The van der Waals surface area contributed by atoms with Crippen LogP contribution in [0.5, 0.6) is 0 Å². The van der Waals surface area contributed by atoms with Crippen molar-refractivity contribution in [2.75, 3.05) is 39.3 Å². The standard InChI is InChI=1S/C22H24ClFN4O/c23-21-4-2-1-3-20(21)22-17(15-27-11-9-26(10-12-27)13-14-29)16-28(25-22)19-7-5-18(24)6-8-19/h1-8,16,29H,9-15H2. The van der Waals surface area contributed by atoms with E-state index < -0.39 is 0 Å². The molecule has 0 spiro atoms. The first-order valence-corrected chi connectivity index (χ1v) is 10.2. The van der Waals surface area contributed by atoms with Gasteiger partial charge >= 0.3 is 0 Å². The van der Waals surface area contributed by atoms with Crippen molar-refractivity contribution in [2.24, 2.45) is 0 Å². The third kappa shape index (κ3) is 4.67. The predicted molar refractivity (Wildman–Crippen MR) is 113 cm³/mol. The topological polar surface area (TPSA) is 44.5 Å². The van der Waals surface area contributed by atoms with Crippen LogP contribution in [0, 0.1) is 5.82 Å². The molecule has 0 saturated carbocycles. The molecule has 3 aromatic rings. The fraction of sp³-hybridized carbons (Fsp3) is 0.318. The lowest BCUT2D eigenvalue weighted by atomic mass is 10.1. The quantitative estimate of drug-likeness (QED) is 0.671. The summed E-state index contributed by atoms with van der Waals surface area (Å²) in [6.45, 7) is 5.42. The summed E-state index contributed by atoms with van der Waals surface area (Å²) >= 11 is 6.46. The zero-order valence-electron chi connectivity index (χ0n) is 16.1. The van der Waals surface area contributed by atoms with Crippen molar-refractivity contribution in [1.29, 1.82) is 0 Å². The molecule has 1 N–H and O–H groups in total. The Bertz CT molecular complexity index is 952. The van der Waals surface area contributed by atoms with Crippen LogP contribution in [0.3, 0.4) is 0 Å². The molecule has 29 heavy (non-hydrogen) atoms. The van der Waals surface area contributed by atoms with Gasteiger partial charge in [-0.3, -0.25) is 9.80 Å². The second-order valence-corrected chi connectivity index (χ2v) is 7.65. The highest BCUT2D eigenvalue weighted by Crippen LogP contribution is 2.31. The second-order valence-electron chi connectivity index (χ2n) is 7.25. The number of piperazine rings is 1. The van der Waals surface area contributed by atoms with Gasteiger partial charge < -0.3 is 5.11 Å². The minimum absolute atomic E-state index is 0.196. The monoisotopic (exact) mass is 414 g/mol. The molecule has 2 heterocycles. The van der Waals surface area contributed by atoms with E-state index >= 15 is 0 Å². The largest absolute Gasteiger partial charge is 0.395 e. The van der Waals surface area contributed by atoms with Crippen molar-refractivity contribution in [2.45, 2.75) is 6.54 Å². The molecule has 0 aliphatic carbocycles. The molecule has 0 bridgehead atoms. The van der Waals surface area contributed by atoms with Gasteiger partial charge in [-0.25, -0.2) is 9.07 Å². The Balaban J connectivity index is 1.63. The number of nitrogens with zero attached hydrogens (tertiary/aromatic N) is 4. The Morgan fingerprint density at radius 1 is 0.966 bits per heavy atom. The maximum Gasteiger partial charge on any atom is 0.123 e. The molecular formula is C22H24ClFN4O. The summed E-state index contributed by atoms with van der Waals surface area (Å²) in [5, 5.41) is 14.6. The van der Waals surface area contributed by atoms with Crippen LogP contribution in [0.4, 0.5) is 4.39 Å². The van der Waals surface area contributed by atoms with Crippen LogP contribution >= 0.6 is 11.6 Å². The van der Waals surface area contributed by atoms with Crippen molar-refractivity contribution in [3.05, 3.63) is 71.1 Å². The van der Waals surface area contributed by atoms with Gasteiger partial charge in [-0.2, -0.15) is 5.10 Å². The first kappa shape index (κ1) is 20.0. The molecule has 1 fully saturated rings. The van der Waals surface area contributed by atoms with E-state index in [9.17, 15) is 4.39 Å². The molecule has 1 aliphatic heterocycles. The average molecular weight is 415 g/mol. The number of aromatic nitrogens is 2. The normalized spacial score (nSPS) is 15.7. The van der Waals surface area contributed by atoms with E-state index in [1.54, 1.807) is 16.8 Å². The molecule has 0 amide bonds. The zero-order valence-corrected chi connectivity index (χ0v) is 16.9. The lowest BCUT2D eigenvalue weighted by Crippen LogP contribution is -2.46. The fourth-order valence-corrected chi connectivity index (χ4v) is 3.91. The summed E-state index contributed by atoms with van der Waals surface area (Å²) in [5.74, 6) is -0.270. The Labute approximate surface area is 174 Å². The van der Waals surface area contributed by atoms with Crippen LogP contribution in [0.1, 0.15) is 5.56 Å². The van der Waals surface area contributed by atoms with Gasteiger partial charge in [-0.05, 0) is 30.3 Å². The minimum Gasteiger partial charge on any atom is -0.395 e. The van der Waals surface area contributed by atoms with Gasteiger partial charge in [-0.15, -0.1) is 0 Å². The van der Waals surface area contributed by atoms with Crippen LogP contribution < -0.4 is 0 Å². The summed E-state index contributed by atoms with van der Waals surface area (Å²) < 4.78 is 15.1. The van der Waals surface area contributed by atoms with Gasteiger partial charge in [-0.1, -0.05) is 29.8 Å². The van der Waals surface area contributed by atoms with Crippen LogP contribution in [0.15, 0.2) is 54.7 Å². The summed E-state index contributed by atoms with van der Waals surface area (Å²) in [4.78, 5) is 4.66.